The fourth-order valence-electron chi connectivity index (χ4n) is 2.91. The molecule has 3 atom stereocenters. The summed E-state index contributed by atoms with van der Waals surface area (Å²) >= 11 is 0. The van der Waals surface area contributed by atoms with E-state index in [-0.39, 0.29) is 6.42 Å². The SMILES string of the molecule is CC(C)[C@@H](C(=O)NC(Cc1ccccc1)[P+](=O)O)N(C(=O)OC(C)(C)C)C(=O)OC(C)(C)C. The van der Waals surface area contributed by atoms with E-state index in [0.29, 0.717) is 4.90 Å². The molecule has 9 nitrogen and oxygen atoms in total. The van der Waals surface area contributed by atoms with Gasteiger partial charge in [0.05, 0.1) is 0 Å². The highest BCUT2D eigenvalue weighted by Gasteiger charge is 2.44. The number of nitrogens with zero attached hydrogens (tertiary/aromatic N) is 1. The van der Waals surface area contributed by atoms with Gasteiger partial charge in [-0.25, -0.2) is 9.59 Å². The summed E-state index contributed by atoms with van der Waals surface area (Å²) in [6, 6.07) is 7.58. The Morgan fingerprint density at radius 1 is 0.970 bits per heavy atom. The Morgan fingerprint density at radius 3 is 1.79 bits per heavy atom. The van der Waals surface area contributed by atoms with E-state index in [1.165, 1.54) is 0 Å². The summed E-state index contributed by atoms with van der Waals surface area (Å²) in [5.41, 5.74) is -1.11. The molecule has 0 aliphatic heterocycles. The van der Waals surface area contributed by atoms with Crippen molar-refractivity contribution in [3.8, 4) is 0 Å². The van der Waals surface area contributed by atoms with Crippen molar-refractivity contribution in [2.75, 3.05) is 0 Å². The fourth-order valence-corrected chi connectivity index (χ4v) is 3.52. The largest absolute Gasteiger partial charge is 0.531 e. The van der Waals surface area contributed by atoms with E-state index in [1.54, 1.807) is 79.7 Å². The lowest BCUT2D eigenvalue weighted by atomic mass is 10.0. The van der Waals surface area contributed by atoms with Crippen LogP contribution in [0.25, 0.3) is 0 Å². The number of rotatable bonds is 7. The van der Waals surface area contributed by atoms with Crippen molar-refractivity contribution in [2.24, 2.45) is 5.92 Å². The van der Waals surface area contributed by atoms with E-state index < -0.39 is 55.1 Å². The van der Waals surface area contributed by atoms with E-state index in [0.717, 1.165) is 5.56 Å². The lowest BCUT2D eigenvalue weighted by Gasteiger charge is -2.34. The molecule has 0 spiro atoms. The molecule has 0 aromatic heterocycles. The smallest absolute Gasteiger partial charge is 0.443 e. The maximum absolute atomic E-state index is 13.3. The van der Waals surface area contributed by atoms with Crippen LogP contribution in [0.3, 0.4) is 0 Å². The van der Waals surface area contributed by atoms with E-state index in [9.17, 15) is 23.8 Å². The van der Waals surface area contributed by atoms with Crippen LogP contribution in [0.4, 0.5) is 9.59 Å². The number of hydrogen-bond acceptors (Lipinski definition) is 6. The van der Waals surface area contributed by atoms with Gasteiger partial charge in [-0.2, -0.15) is 9.79 Å². The second-order valence-corrected chi connectivity index (χ2v) is 11.3. The normalized spacial score (nSPS) is 14.2. The first-order valence-corrected chi connectivity index (χ1v) is 12.0. The Hall–Kier alpha value is -2.51. The number of carbonyl (C=O) groups excluding carboxylic acids is 3. The third-order valence-electron chi connectivity index (χ3n) is 4.21. The number of carbonyl (C=O) groups is 3. The first kappa shape index (κ1) is 28.5. The second-order valence-electron chi connectivity index (χ2n) is 10.0. The quantitative estimate of drug-likeness (QED) is 0.543. The molecule has 0 saturated carbocycles. The van der Waals surface area contributed by atoms with Gasteiger partial charge in [0.2, 0.25) is 5.91 Å². The summed E-state index contributed by atoms with van der Waals surface area (Å²) in [4.78, 5) is 49.6. The lowest BCUT2D eigenvalue weighted by molar-refractivity contribution is -0.128. The number of amides is 3. The number of benzene rings is 1. The van der Waals surface area contributed by atoms with Crippen LogP contribution in [0.5, 0.6) is 0 Å². The van der Waals surface area contributed by atoms with Crippen LogP contribution in [0.2, 0.25) is 0 Å². The van der Waals surface area contributed by atoms with Gasteiger partial charge in [0.1, 0.15) is 17.2 Å². The van der Waals surface area contributed by atoms with Crippen molar-refractivity contribution in [2.45, 2.75) is 84.8 Å². The zero-order valence-corrected chi connectivity index (χ0v) is 21.5. The molecule has 0 heterocycles. The monoisotopic (exact) mass is 483 g/mol. The molecule has 2 N–H and O–H groups in total. The van der Waals surface area contributed by atoms with Crippen molar-refractivity contribution in [3.05, 3.63) is 35.9 Å². The van der Waals surface area contributed by atoms with Crippen LogP contribution in [0, 0.1) is 5.92 Å². The van der Waals surface area contributed by atoms with Crippen molar-refractivity contribution in [3.63, 3.8) is 0 Å². The lowest BCUT2D eigenvalue weighted by Crippen LogP contribution is -2.57. The molecule has 10 heteroatoms. The van der Waals surface area contributed by atoms with E-state index in [1.807, 2.05) is 6.07 Å². The molecule has 1 rings (SSSR count). The zero-order chi connectivity index (χ0) is 25.6. The Balaban J connectivity index is 3.28. The molecule has 0 aliphatic carbocycles. The van der Waals surface area contributed by atoms with Crippen LogP contribution in [-0.2, 0) is 25.3 Å². The Labute approximate surface area is 196 Å². The summed E-state index contributed by atoms with van der Waals surface area (Å²) in [7, 11) is -2.79. The third-order valence-corrected chi connectivity index (χ3v) is 5.05. The molecule has 1 aromatic rings. The summed E-state index contributed by atoms with van der Waals surface area (Å²) < 4.78 is 22.7. The first-order valence-electron chi connectivity index (χ1n) is 10.8. The van der Waals surface area contributed by atoms with Gasteiger partial charge >= 0.3 is 20.2 Å². The Bertz CT molecular complexity index is 817. The van der Waals surface area contributed by atoms with Crippen molar-refractivity contribution in [1.82, 2.24) is 10.2 Å². The van der Waals surface area contributed by atoms with Gasteiger partial charge in [-0.15, -0.1) is 0 Å². The second kappa shape index (κ2) is 11.6. The van der Waals surface area contributed by atoms with Gasteiger partial charge < -0.3 is 14.8 Å². The molecule has 184 valence electrons. The van der Waals surface area contributed by atoms with Crippen LogP contribution < -0.4 is 5.32 Å². The molecular formula is C23H36N2O7P+. The highest BCUT2D eigenvalue weighted by molar-refractivity contribution is 7.38. The third kappa shape index (κ3) is 9.88. The van der Waals surface area contributed by atoms with Crippen LogP contribution >= 0.6 is 8.03 Å². The minimum atomic E-state index is -2.79. The molecule has 1 aromatic carbocycles. The molecule has 33 heavy (non-hydrogen) atoms. The van der Waals surface area contributed by atoms with Gasteiger partial charge in [-0.3, -0.25) is 4.79 Å². The van der Waals surface area contributed by atoms with Crippen LogP contribution in [0.15, 0.2) is 30.3 Å². The predicted octanol–water partition coefficient (Wildman–Crippen LogP) is 4.60. The van der Waals surface area contributed by atoms with Gasteiger partial charge in [-0.1, -0.05) is 44.2 Å². The average molecular weight is 484 g/mol. The molecule has 0 radical (unpaired) electrons. The topological polar surface area (TPSA) is 122 Å². The molecule has 3 amide bonds. The Kier molecular flexibility index (Phi) is 10.00. The minimum absolute atomic E-state index is 0.0992. The fraction of sp³-hybridized carbons (Fsp3) is 0.609. The Morgan fingerprint density at radius 2 is 1.42 bits per heavy atom. The highest BCUT2D eigenvalue weighted by Crippen LogP contribution is 2.26. The molecule has 0 fully saturated rings. The standard InChI is InChI=1S/C23H35N2O7P/c1-15(2)18(19(26)24-17(33(29)30)14-16-12-10-9-11-13-16)25(20(27)31-22(3,4)5)21(28)32-23(6,7)8/h9-13,15,17-18H,14H2,1-8H3,(H-,24,26,29,30)/p+1/t17?,18-/m0/s1. The van der Waals surface area contributed by atoms with Crippen LogP contribution in [0.1, 0.15) is 61.0 Å². The predicted molar refractivity (Wildman–Crippen MR) is 125 cm³/mol. The average Bonchev–Trinajstić information content (AvgIpc) is 2.62. The van der Waals surface area contributed by atoms with E-state index in [4.69, 9.17) is 9.47 Å². The van der Waals surface area contributed by atoms with E-state index >= 15 is 0 Å². The van der Waals surface area contributed by atoms with Gasteiger partial charge in [-0.05, 0) is 57.6 Å². The van der Waals surface area contributed by atoms with Gasteiger partial charge in [0.25, 0.3) is 5.78 Å². The molecule has 0 aliphatic rings. The maximum atomic E-state index is 13.3. The van der Waals surface area contributed by atoms with Crippen molar-refractivity contribution < 1.29 is 33.3 Å². The first-order chi connectivity index (χ1) is 15.0. The van der Waals surface area contributed by atoms with Crippen LogP contribution in [-0.4, -0.2) is 50.9 Å². The van der Waals surface area contributed by atoms with Gasteiger partial charge in [0.15, 0.2) is 0 Å². The van der Waals surface area contributed by atoms with E-state index in [2.05, 4.69) is 5.32 Å². The summed E-state index contributed by atoms with van der Waals surface area (Å²) in [5.74, 6) is -2.42. The number of ether oxygens (including phenoxy) is 2. The number of hydrogen-bond donors (Lipinski definition) is 2. The molecule has 0 bridgehead atoms. The summed E-state index contributed by atoms with van der Waals surface area (Å²) in [5, 5.41) is 2.53. The van der Waals surface area contributed by atoms with Crippen molar-refractivity contribution >= 4 is 26.1 Å². The molecule has 0 saturated heterocycles. The van der Waals surface area contributed by atoms with Crippen molar-refractivity contribution in [1.29, 1.82) is 0 Å². The summed E-state index contributed by atoms with van der Waals surface area (Å²) in [6.45, 7) is 13.1. The maximum Gasteiger partial charge on any atom is 0.531 e. The van der Waals surface area contributed by atoms with Gasteiger partial charge in [0, 0.05) is 6.42 Å². The number of nitrogens with one attached hydrogen (secondary N) is 1. The molecule has 2 unspecified atom stereocenters. The number of imide groups is 1. The minimum Gasteiger partial charge on any atom is -0.443 e. The molecular weight excluding hydrogens is 447 g/mol. The summed E-state index contributed by atoms with van der Waals surface area (Å²) in [6.07, 6.45) is -1.99. The zero-order valence-electron chi connectivity index (χ0n) is 20.6. The highest BCUT2D eigenvalue weighted by atomic mass is 31.1.